The summed E-state index contributed by atoms with van der Waals surface area (Å²) in [6, 6.07) is 0.636. The quantitative estimate of drug-likeness (QED) is 0.772. The number of aromatic nitrogens is 4. The van der Waals surface area contributed by atoms with Crippen LogP contribution in [-0.4, -0.2) is 50.8 Å². The first-order valence-corrected chi connectivity index (χ1v) is 7.05. The minimum absolute atomic E-state index is 0.636. The van der Waals surface area contributed by atoms with Crippen molar-refractivity contribution in [2.75, 3.05) is 19.6 Å². The fourth-order valence-electron chi connectivity index (χ4n) is 2.53. The number of hydrogen-bond acceptors (Lipinski definition) is 5. The lowest BCUT2D eigenvalue weighted by molar-refractivity contribution is 0.191. The van der Waals surface area contributed by atoms with Gasteiger partial charge in [0.25, 0.3) is 0 Å². The monoisotopic (exact) mass is 252 g/mol. The molecule has 0 radical (unpaired) electrons. The second kappa shape index (κ2) is 6.80. The zero-order chi connectivity index (χ0) is 12.8. The normalized spacial score (nSPS) is 19.8. The van der Waals surface area contributed by atoms with E-state index in [1.807, 2.05) is 4.68 Å². The zero-order valence-electron chi connectivity index (χ0n) is 11.5. The van der Waals surface area contributed by atoms with Crippen molar-refractivity contribution in [1.82, 2.24) is 30.4 Å². The summed E-state index contributed by atoms with van der Waals surface area (Å²) in [6.07, 6.45) is 3.47. The molecule has 102 valence electrons. The van der Waals surface area contributed by atoms with E-state index < -0.39 is 0 Å². The van der Waals surface area contributed by atoms with Crippen LogP contribution in [0.5, 0.6) is 0 Å². The van der Waals surface area contributed by atoms with Crippen molar-refractivity contribution < 1.29 is 0 Å². The molecule has 1 aliphatic rings. The molecule has 1 saturated heterocycles. The number of nitrogens with one attached hydrogen (secondary N) is 1. The number of hydrogen-bond donors (Lipinski definition) is 1. The van der Waals surface area contributed by atoms with E-state index >= 15 is 0 Å². The van der Waals surface area contributed by atoms with E-state index in [1.54, 1.807) is 0 Å². The first kappa shape index (κ1) is 13.4. The van der Waals surface area contributed by atoms with Gasteiger partial charge in [0.05, 0.1) is 6.54 Å². The molecular weight excluding hydrogens is 228 g/mol. The summed E-state index contributed by atoms with van der Waals surface area (Å²) in [5.41, 5.74) is 0. The Morgan fingerprint density at radius 3 is 2.94 bits per heavy atom. The van der Waals surface area contributed by atoms with Crippen molar-refractivity contribution in [2.24, 2.45) is 0 Å². The maximum Gasteiger partial charge on any atom is 0.165 e. The Labute approximate surface area is 109 Å². The minimum atomic E-state index is 0.636. The third kappa shape index (κ3) is 3.26. The lowest BCUT2D eigenvalue weighted by Gasteiger charge is -2.27. The maximum atomic E-state index is 4.17. The highest BCUT2D eigenvalue weighted by Crippen LogP contribution is 2.12. The minimum Gasteiger partial charge on any atom is -0.315 e. The topological polar surface area (TPSA) is 58.9 Å². The van der Waals surface area contributed by atoms with Gasteiger partial charge in [-0.3, -0.25) is 4.90 Å². The van der Waals surface area contributed by atoms with Crippen molar-refractivity contribution in [3.63, 3.8) is 0 Å². The van der Waals surface area contributed by atoms with Crippen molar-refractivity contribution in [1.29, 1.82) is 0 Å². The van der Waals surface area contributed by atoms with Crippen LogP contribution in [-0.2, 0) is 13.1 Å². The third-order valence-electron chi connectivity index (χ3n) is 3.45. The molecule has 1 unspecified atom stereocenters. The van der Waals surface area contributed by atoms with Crippen LogP contribution in [0, 0.1) is 0 Å². The molecule has 1 aromatic heterocycles. The molecule has 6 nitrogen and oxygen atoms in total. The molecule has 1 aromatic rings. The van der Waals surface area contributed by atoms with Gasteiger partial charge in [-0.25, -0.2) is 4.68 Å². The molecular formula is C12H24N6. The van der Waals surface area contributed by atoms with Gasteiger partial charge in [0.2, 0.25) is 0 Å². The van der Waals surface area contributed by atoms with Crippen molar-refractivity contribution in [3.8, 4) is 0 Å². The largest absolute Gasteiger partial charge is 0.315 e. The third-order valence-corrected chi connectivity index (χ3v) is 3.45. The Morgan fingerprint density at radius 2 is 2.28 bits per heavy atom. The van der Waals surface area contributed by atoms with E-state index in [-0.39, 0.29) is 0 Å². The van der Waals surface area contributed by atoms with Crippen molar-refractivity contribution in [2.45, 2.75) is 52.2 Å². The fraction of sp³-hybridized carbons (Fsp3) is 0.917. The predicted molar refractivity (Wildman–Crippen MR) is 70.1 cm³/mol. The van der Waals surface area contributed by atoms with Gasteiger partial charge in [0, 0.05) is 19.1 Å². The average molecular weight is 252 g/mol. The summed E-state index contributed by atoms with van der Waals surface area (Å²) < 4.78 is 1.94. The molecule has 1 fully saturated rings. The van der Waals surface area contributed by atoms with Crippen molar-refractivity contribution in [3.05, 3.63) is 5.82 Å². The summed E-state index contributed by atoms with van der Waals surface area (Å²) >= 11 is 0. The predicted octanol–water partition coefficient (Wildman–Crippen LogP) is 0.657. The van der Waals surface area contributed by atoms with Crippen LogP contribution in [0.4, 0.5) is 0 Å². The molecule has 2 heterocycles. The Kier molecular flexibility index (Phi) is 5.07. The van der Waals surface area contributed by atoms with Crippen LogP contribution in [0.15, 0.2) is 0 Å². The molecule has 2 rings (SSSR count). The maximum absolute atomic E-state index is 4.17. The van der Waals surface area contributed by atoms with E-state index in [4.69, 9.17) is 0 Å². The lowest BCUT2D eigenvalue weighted by atomic mass is 10.2. The van der Waals surface area contributed by atoms with Gasteiger partial charge >= 0.3 is 0 Å². The van der Waals surface area contributed by atoms with Gasteiger partial charge in [0.1, 0.15) is 0 Å². The number of aryl methyl sites for hydroxylation is 1. The molecule has 6 heteroatoms. The molecule has 1 atom stereocenters. The second-order valence-corrected chi connectivity index (χ2v) is 4.94. The Bertz CT molecular complexity index is 344. The summed E-state index contributed by atoms with van der Waals surface area (Å²) in [6.45, 7) is 9.49. The van der Waals surface area contributed by atoms with E-state index in [1.165, 1.54) is 12.8 Å². The molecule has 0 aliphatic carbocycles. The van der Waals surface area contributed by atoms with Gasteiger partial charge in [-0.1, -0.05) is 13.8 Å². The Hall–Kier alpha value is -1.01. The van der Waals surface area contributed by atoms with Crippen LogP contribution >= 0.6 is 0 Å². The van der Waals surface area contributed by atoms with E-state index in [0.717, 1.165) is 45.0 Å². The lowest BCUT2D eigenvalue weighted by Crippen LogP contribution is -2.37. The van der Waals surface area contributed by atoms with Gasteiger partial charge in [-0.2, -0.15) is 0 Å². The molecule has 0 bridgehead atoms. The highest BCUT2D eigenvalue weighted by Gasteiger charge is 2.23. The fourth-order valence-corrected chi connectivity index (χ4v) is 2.53. The molecule has 0 aromatic carbocycles. The van der Waals surface area contributed by atoms with Crippen molar-refractivity contribution >= 4 is 0 Å². The summed E-state index contributed by atoms with van der Waals surface area (Å²) in [7, 11) is 0. The Morgan fingerprint density at radius 1 is 1.39 bits per heavy atom. The van der Waals surface area contributed by atoms with Gasteiger partial charge in [0.15, 0.2) is 5.82 Å². The standard InChI is InChI=1S/C12H24N6/c1-3-7-17(11-5-6-13-9-11)10-12-14-15-16-18(12)8-4-2/h11,13H,3-10H2,1-2H3. The Balaban J connectivity index is 2.00. The second-order valence-electron chi connectivity index (χ2n) is 4.94. The molecule has 1 aliphatic heterocycles. The van der Waals surface area contributed by atoms with E-state index in [9.17, 15) is 0 Å². The van der Waals surface area contributed by atoms with Gasteiger partial charge in [-0.15, -0.1) is 5.10 Å². The van der Waals surface area contributed by atoms with Crippen LogP contribution < -0.4 is 5.32 Å². The van der Waals surface area contributed by atoms with Crippen LogP contribution in [0.2, 0.25) is 0 Å². The van der Waals surface area contributed by atoms with Gasteiger partial charge < -0.3 is 5.32 Å². The molecule has 0 amide bonds. The summed E-state index contributed by atoms with van der Waals surface area (Å²) in [5.74, 6) is 0.997. The first-order valence-electron chi connectivity index (χ1n) is 7.05. The smallest absolute Gasteiger partial charge is 0.165 e. The highest BCUT2D eigenvalue weighted by atomic mass is 15.5. The van der Waals surface area contributed by atoms with E-state index in [2.05, 4.69) is 39.6 Å². The molecule has 0 spiro atoms. The summed E-state index contributed by atoms with van der Waals surface area (Å²) in [4.78, 5) is 2.51. The zero-order valence-corrected chi connectivity index (χ0v) is 11.5. The number of rotatable bonds is 7. The number of nitrogens with zero attached hydrogens (tertiary/aromatic N) is 5. The number of tetrazole rings is 1. The first-order chi connectivity index (χ1) is 8.85. The van der Waals surface area contributed by atoms with Crippen LogP contribution in [0.3, 0.4) is 0 Å². The summed E-state index contributed by atoms with van der Waals surface area (Å²) in [5, 5.41) is 15.5. The molecule has 0 saturated carbocycles. The average Bonchev–Trinajstić information content (AvgIpc) is 3.01. The van der Waals surface area contributed by atoms with Crippen LogP contribution in [0.1, 0.15) is 38.9 Å². The SMILES string of the molecule is CCCN(Cc1nnnn1CCC)C1CCNC1. The van der Waals surface area contributed by atoms with E-state index in [0.29, 0.717) is 6.04 Å². The van der Waals surface area contributed by atoms with Gasteiger partial charge in [-0.05, 0) is 42.8 Å². The van der Waals surface area contributed by atoms with Crippen LogP contribution in [0.25, 0.3) is 0 Å². The molecule has 18 heavy (non-hydrogen) atoms. The molecule has 1 N–H and O–H groups in total. The highest BCUT2D eigenvalue weighted by molar-refractivity contribution is 4.87.